The number of halogens is 1. The van der Waals surface area contributed by atoms with Gasteiger partial charge in [-0.25, -0.2) is 0 Å². The van der Waals surface area contributed by atoms with E-state index in [9.17, 15) is 34.8 Å². The Morgan fingerprint density at radius 1 is 1.18 bits per heavy atom. The molecule has 0 heterocycles. The maximum Gasteiger partial charge on any atom is 0.255 e. The number of primary amides is 1. The molecule has 3 aliphatic rings. The molecule has 4 rings (SSSR count). The number of carbonyl (C=O) groups is 3. The second-order valence-corrected chi connectivity index (χ2v) is 13.1. The van der Waals surface area contributed by atoms with Crippen LogP contribution in [0.2, 0.25) is 5.02 Å². The van der Waals surface area contributed by atoms with E-state index in [2.05, 4.69) is 25.7 Å². The number of ketones is 2. The number of fused-ring (bicyclic) bond motifs is 3. The number of likely N-dealkylation sites (N-methyl/N-ethyl adjacent to an activating group) is 1. The average Bonchev–Trinajstić information content (AvgIpc) is 2.82. The lowest BCUT2D eigenvalue weighted by atomic mass is 9.57. The number of phenols is 1. The molecule has 1 aromatic carbocycles. The van der Waals surface area contributed by atoms with E-state index in [0.717, 1.165) is 13.0 Å². The minimum absolute atomic E-state index is 0.0117. The first-order valence-electron chi connectivity index (χ1n) is 13.3. The highest BCUT2D eigenvalue weighted by Crippen LogP contribution is 2.53. The molecule has 218 valence electrons. The van der Waals surface area contributed by atoms with Crippen LogP contribution in [-0.4, -0.2) is 87.0 Å². The third-order valence-corrected chi connectivity index (χ3v) is 8.88. The van der Waals surface area contributed by atoms with E-state index < -0.39 is 58.0 Å². The molecule has 0 spiro atoms. The van der Waals surface area contributed by atoms with Crippen molar-refractivity contribution < 1.29 is 34.8 Å². The summed E-state index contributed by atoms with van der Waals surface area (Å²) >= 11 is 6.84. The molecule has 40 heavy (non-hydrogen) atoms. The molecule has 3 aliphatic carbocycles. The zero-order valence-electron chi connectivity index (χ0n) is 23.7. The number of hydrogen-bond donors (Lipinski definition) is 5. The average molecular weight is 576 g/mol. The number of aliphatic hydroxyl groups excluding tert-OH is 2. The van der Waals surface area contributed by atoms with Gasteiger partial charge >= 0.3 is 0 Å². The molecule has 0 bridgehead atoms. The van der Waals surface area contributed by atoms with E-state index in [1.807, 2.05) is 7.05 Å². The molecule has 6 N–H and O–H groups in total. The number of aromatic hydroxyl groups is 1. The van der Waals surface area contributed by atoms with Crippen LogP contribution < -0.4 is 5.73 Å². The zero-order valence-corrected chi connectivity index (χ0v) is 24.5. The predicted octanol–water partition coefficient (Wildman–Crippen LogP) is 2.49. The second kappa shape index (κ2) is 10.2. The largest absolute Gasteiger partial charge is 0.508 e. The van der Waals surface area contributed by atoms with Crippen LogP contribution in [0, 0.1) is 17.3 Å². The molecule has 10 nitrogen and oxygen atoms in total. The molecule has 0 saturated heterocycles. The van der Waals surface area contributed by atoms with Gasteiger partial charge in [-0.3, -0.25) is 19.3 Å². The molecular formula is C29H38ClN3O7. The minimum atomic E-state index is -2.67. The van der Waals surface area contributed by atoms with Crippen LogP contribution in [0.3, 0.4) is 0 Å². The van der Waals surface area contributed by atoms with Crippen LogP contribution >= 0.6 is 11.6 Å². The fourth-order valence-electron chi connectivity index (χ4n) is 6.36. The first-order chi connectivity index (χ1) is 18.4. The lowest BCUT2D eigenvalue weighted by Crippen LogP contribution is -2.65. The fraction of sp³-hybridized carbons (Fsp3) is 0.552. The molecule has 0 radical (unpaired) electrons. The van der Waals surface area contributed by atoms with Gasteiger partial charge in [0, 0.05) is 23.1 Å². The van der Waals surface area contributed by atoms with Crippen LogP contribution in [0.5, 0.6) is 5.75 Å². The standard InChI is InChI=1S/C29H38ClN3O7/c1-28(2,3)7-8-33(6)12-14-11-17(34)19-15(21(14)30)9-13-10-16-22(32(4)5)24(36)20(27(31)39)26(38)29(16,40)25(37)18(13)23(19)35/h11,13,16,22,34-35,38,40H,7-10,12H2,1-6H3,(H2,31,39)/t13-,16-,22-,29-/m0/s1. The molecule has 0 aliphatic heterocycles. The first-order valence-corrected chi connectivity index (χ1v) is 13.7. The van der Waals surface area contributed by atoms with Gasteiger partial charge in [-0.05, 0) is 75.5 Å². The smallest absolute Gasteiger partial charge is 0.255 e. The number of rotatable bonds is 6. The number of carbonyl (C=O) groups excluding carboxylic acids is 3. The number of hydrogen-bond acceptors (Lipinski definition) is 9. The minimum Gasteiger partial charge on any atom is -0.508 e. The summed E-state index contributed by atoms with van der Waals surface area (Å²) in [5.74, 6) is -6.85. The summed E-state index contributed by atoms with van der Waals surface area (Å²) in [6.45, 7) is 7.72. The third kappa shape index (κ3) is 4.70. The number of amides is 1. The van der Waals surface area contributed by atoms with Crippen LogP contribution in [0.4, 0.5) is 0 Å². The van der Waals surface area contributed by atoms with Crippen LogP contribution in [0.1, 0.15) is 50.3 Å². The molecule has 11 heteroatoms. The molecule has 0 aromatic heterocycles. The highest BCUT2D eigenvalue weighted by molar-refractivity contribution is 6.32. The number of aliphatic hydroxyl groups is 3. The maximum atomic E-state index is 13.9. The number of benzene rings is 1. The quantitative estimate of drug-likeness (QED) is 0.320. The summed E-state index contributed by atoms with van der Waals surface area (Å²) in [5.41, 5.74) is 2.90. The fourth-order valence-corrected chi connectivity index (χ4v) is 6.64. The Morgan fingerprint density at radius 2 is 1.80 bits per heavy atom. The molecular weight excluding hydrogens is 538 g/mol. The highest BCUT2D eigenvalue weighted by atomic mass is 35.5. The lowest BCUT2D eigenvalue weighted by molar-refractivity contribution is -0.153. The Hall–Kier alpha value is -2.92. The van der Waals surface area contributed by atoms with Crippen LogP contribution in [0.15, 0.2) is 23.0 Å². The van der Waals surface area contributed by atoms with E-state index >= 15 is 0 Å². The van der Waals surface area contributed by atoms with Gasteiger partial charge in [-0.2, -0.15) is 0 Å². The van der Waals surface area contributed by atoms with E-state index in [1.165, 1.54) is 11.0 Å². The SMILES string of the molecule is CN(CCC(C)(C)C)Cc1cc(O)c2c(c1Cl)C[C@H]1C[C@H]3[C@H](N(C)C)C(=O)C(C(N)=O)=C(O)[C@@]3(O)C(=O)C1=C2O. The Morgan fingerprint density at radius 3 is 2.35 bits per heavy atom. The molecule has 1 fully saturated rings. The third-order valence-electron chi connectivity index (χ3n) is 8.41. The van der Waals surface area contributed by atoms with Crippen molar-refractivity contribution in [3.8, 4) is 5.75 Å². The van der Waals surface area contributed by atoms with Gasteiger partial charge in [0.05, 0.1) is 11.6 Å². The second-order valence-electron chi connectivity index (χ2n) is 12.7. The van der Waals surface area contributed by atoms with E-state index in [0.29, 0.717) is 22.7 Å². The predicted molar refractivity (Wildman–Crippen MR) is 150 cm³/mol. The van der Waals surface area contributed by atoms with E-state index in [1.54, 1.807) is 14.1 Å². The van der Waals surface area contributed by atoms with Crippen molar-refractivity contribution >= 4 is 34.8 Å². The molecule has 1 amide bonds. The summed E-state index contributed by atoms with van der Waals surface area (Å²) < 4.78 is 0. The Balaban J connectivity index is 1.81. The number of nitrogens with zero attached hydrogens (tertiary/aromatic N) is 2. The summed E-state index contributed by atoms with van der Waals surface area (Å²) in [6.07, 6.45) is 1.11. The van der Waals surface area contributed by atoms with Crippen molar-refractivity contribution in [3.05, 3.63) is 44.7 Å². The topological polar surface area (TPSA) is 165 Å². The summed E-state index contributed by atoms with van der Waals surface area (Å²) in [6, 6.07) is 0.324. The Kier molecular flexibility index (Phi) is 7.64. The maximum absolute atomic E-state index is 13.9. The summed E-state index contributed by atoms with van der Waals surface area (Å²) in [4.78, 5) is 42.7. The lowest BCUT2D eigenvalue weighted by Gasteiger charge is -2.50. The normalized spacial score (nSPS) is 26.8. The van der Waals surface area contributed by atoms with Gasteiger partial charge in [-0.15, -0.1) is 0 Å². The van der Waals surface area contributed by atoms with Gasteiger partial charge in [0.2, 0.25) is 5.78 Å². The first kappa shape index (κ1) is 30.0. The molecule has 0 unspecified atom stereocenters. The molecule has 1 saturated carbocycles. The number of nitrogens with two attached hydrogens (primary N) is 1. The summed E-state index contributed by atoms with van der Waals surface area (Å²) in [5, 5.41) is 45.2. The van der Waals surface area contributed by atoms with E-state index in [4.69, 9.17) is 17.3 Å². The number of phenolic OH excluding ortho intramolecular Hbond substituents is 1. The van der Waals surface area contributed by atoms with Crippen LogP contribution in [-0.2, 0) is 27.3 Å². The zero-order chi connectivity index (χ0) is 30.1. The van der Waals surface area contributed by atoms with Gasteiger partial charge in [-0.1, -0.05) is 32.4 Å². The van der Waals surface area contributed by atoms with Crippen molar-refractivity contribution in [1.82, 2.24) is 9.80 Å². The Bertz CT molecular complexity index is 1360. The molecule has 1 aromatic rings. The van der Waals surface area contributed by atoms with Crippen molar-refractivity contribution in [2.24, 2.45) is 23.0 Å². The van der Waals surface area contributed by atoms with E-state index in [-0.39, 0.29) is 35.1 Å². The van der Waals surface area contributed by atoms with Crippen molar-refractivity contribution in [1.29, 1.82) is 0 Å². The Labute approximate surface area is 238 Å². The summed E-state index contributed by atoms with van der Waals surface area (Å²) in [7, 11) is 5.08. The van der Waals surface area contributed by atoms with Crippen molar-refractivity contribution in [3.63, 3.8) is 0 Å². The van der Waals surface area contributed by atoms with Gasteiger partial charge < -0.3 is 31.1 Å². The van der Waals surface area contributed by atoms with Gasteiger partial charge in [0.25, 0.3) is 5.91 Å². The van der Waals surface area contributed by atoms with Gasteiger partial charge in [0.15, 0.2) is 11.4 Å². The van der Waals surface area contributed by atoms with Gasteiger partial charge in [0.1, 0.15) is 22.8 Å². The highest BCUT2D eigenvalue weighted by Gasteiger charge is 2.64. The van der Waals surface area contributed by atoms with Crippen LogP contribution in [0.25, 0.3) is 5.76 Å². The monoisotopic (exact) mass is 575 g/mol. The number of Topliss-reactive ketones (excluding diaryl/α,β-unsaturated/α-hetero) is 2. The molecule has 4 atom stereocenters. The van der Waals surface area contributed by atoms with Crippen molar-refractivity contribution in [2.75, 3.05) is 27.7 Å². The van der Waals surface area contributed by atoms with Crippen molar-refractivity contribution in [2.45, 2.75) is 58.2 Å².